The van der Waals surface area contributed by atoms with Crippen LogP contribution in [0.15, 0.2) is 6.20 Å². The third kappa shape index (κ3) is 4.03. The molecule has 1 aromatic heterocycles. The van der Waals surface area contributed by atoms with Crippen LogP contribution < -0.4 is 5.73 Å². The summed E-state index contributed by atoms with van der Waals surface area (Å²) in [4.78, 5) is 7.30. The second-order valence-corrected chi connectivity index (χ2v) is 6.24. The molecule has 0 bridgehead atoms. The first-order valence-corrected chi connectivity index (χ1v) is 7.82. The molecule has 0 saturated carbocycles. The number of piperazine rings is 1. The SMILES string of the molecule is Cc1c(C(CN)N2CCN(CCN(C)C)CC2)cnn1C. The monoisotopic (exact) mass is 294 g/mol. The van der Waals surface area contributed by atoms with E-state index in [0.29, 0.717) is 12.6 Å². The standard InChI is InChI=1S/C15H30N6/c1-13-14(12-17-19(13)4)15(11-16)21-9-7-20(8-10-21)6-5-18(2)3/h12,15H,5-11,16H2,1-4H3. The smallest absolute Gasteiger partial charge is 0.0540 e. The fourth-order valence-electron chi connectivity index (χ4n) is 2.96. The van der Waals surface area contributed by atoms with Crippen LogP contribution in [0.4, 0.5) is 0 Å². The van der Waals surface area contributed by atoms with Gasteiger partial charge in [-0.25, -0.2) is 0 Å². The molecule has 0 spiro atoms. The second-order valence-electron chi connectivity index (χ2n) is 6.24. The summed E-state index contributed by atoms with van der Waals surface area (Å²) in [6, 6.07) is 0.301. The van der Waals surface area contributed by atoms with Crippen LogP contribution in [0.2, 0.25) is 0 Å². The molecule has 1 unspecified atom stereocenters. The van der Waals surface area contributed by atoms with E-state index in [2.05, 4.69) is 40.8 Å². The fraction of sp³-hybridized carbons (Fsp3) is 0.800. The van der Waals surface area contributed by atoms with Crippen LogP contribution in [0, 0.1) is 6.92 Å². The summed E-state index contributed by atoms with van der Waals surface area (Å²) in [6.07, 6.45) is 1.98. The Labute approximate surface area is 128 Å². The molecular formula is C15H30N6. The van der Waals surface area contributed by atoms with Gasteiger partial charge in [0, 0.05) is 64.1 Å². The van der Waals surface area contributed by atoms with E-state index < -0.39 is 0 Å². The molecule has 0 aromatic carbocycles. The minimum Gasteiger partial charge on any atom is -0.329 e. The van der Waals surface area contributed by atoms with Crippen molar-refractivity contribution in [1.29, 1.82) is 0 Å². The highest BCUT2D eigenvalue weighted by Gasteiger charge is 2.26. The lowest BCUT2D eigenvalue weighted by Gasteiger charge is -2.39. The Morgan fingerprint density at radius 2 is 1.95 bits per heavy atom. The van der Waals surface area contributed by atoms with Crippen LogP contribution in [-0.4, -0.2) is 84.4 Å². The minimum absolute atomic E-state index is 0.301. The predicted octanol–water partition coefficient (Wildman–Crippen LogP) is -0.0925. The largest absolute Gasteiger partial charge is 0.329 e. The van der Waals surface area contributed by atoms with Gasteiger partial charge in [-0.1, -0.05) is 0 Å². The van der Waals surface area contributed by atoms with E-state index in [1.807, 2.05) is 17.9 Å². The zero-order valence-electron chi connectivity index (χ0n) is 13.9. The van der Waals surface area contributed by atoms with Crippen LogP contribution in [0.3, 0.4) is 0 Å². The van der Waals surface area contributed by atoms with E-state index in [1.54, 1.807) is 0 Å². The number of nitrogens with two attached hydrogens (primary N) is 1. The molecule has 2 heterocycles. The van der Waals surface area contributed by atoms with E-state index in [0.717, 1.165) is 39.3 Å². The van der Waals surface area contributed by atoms with Gasteiger partial charge in [-0.15, -0.1) is 0 Å². The first-order valence-electron chi connectivity index (χ1n) is 7.82. The predicted molar refractivity (Wildman–Crippen MR) is 86.3 cm³/mol. The molecule has 1 aliphatic heterocycles. The van der Waals surface area contributed by atoms with Gasteiger partial charge in [0.2, 0.25) is 0 Å². The molecule has 0 aliphatic carbocycles. The van der Waals surface area contributed by atoms with E-state index in [9.17, 15) is 0 Å². The molecule has 1 fully saturated rings. The molecule has 0 radical (unpaired) electrons. The summed E-state index contributed by atoms with van der Waals surface area (Å²) in [5.41, 5.74) is 8.55. The Kier molecular flexibility index (Phi) is 5.75. The molecule has 1 atom stereocenters. The van der Waals surface area contributed by atoms with Gasteiger partial charge in [-0.05, 0) is 21.0 Å². The highest BCUT2D eigenvalue weighted by Crippen LogP contribution is 2.23. The average molecular weight is 294 g/mol. The number of nitrogens with zero attached hydrogens (tertiary/aromatic N) is 5. The molecule has 1 aliphatic rings. The zero-order chi connectivity index (χ0) is 15.4. The van der Waals surface area contributed by atoms with E-state index in [4.69, 9.17) is 5.73 Å². The van der Waals surface area contributed by atoms with Crippen LogP contribution in [0.25, 0.3) is 0 Å². The maximum Gasteiger partial charge on any atom is 0.0540 e. The summed E-state index contributed by atoms with van der Waals surface area (Å²) in [6.45, 7) is 9.49. The number of aryl methyl sites for hydroxylation is 1. The van der Waals surface area contributed by atoms with Crippen LogP contribution in [0.5, 0.6) is 0 Å². The summed E-state index contributed by atoms with van der Waals surface area (Å²) < 4.78 is 1.94. The van der Waals surface area contributed by atoms with Crippen LogP contribution in [0.1, 0.15) is 17.3 Å². The van der Waals surface area contributed by atoms with Crippen molar-refractivity contribution in [3.05, 3.63) is 17.5 Å². The first-order chi connectivity index (χ1) is 10.0. The Morgan fingerprint density at radius 1 is 1.29 bits per heavy atom. The molecule has 0 amide bonds. The third-order valence-electron chi connectivity index (χ3n) is 4.57. The molecular weight excluding hydrogens is 264 g/mol. The van der Waals surface area contributed by atoms with Gasteiger partial charge in [0.15, 0.2) is 0 Å². The van der Waals surface area contributed by atoms with Gasteiger partial charge in [0.25, 0.3) is 0 Å². The van der Waals surface area contributed by atoms with Crippen molar-refractivity contribution in [3.8, 4) is 0 Å². The second kappa shape index (κ2) is 7.35. The number of hydrogen-bond donors (Lipinski definition) is 1. The normalized spacial score (nSPS) is 19.3. The lowest BCUT2D eigenvalue weighted by molar-refractivity contribution is 0.0937. The van der Waals surface area contributed by atoms with Gasteiger partial charge >= 0.3 is 0 Å². The maximum absolute atomic E-state index is 6.05. The molecule has 21 heavy (non-hydrogen) atoms. The van der Waals surface area contributed by atoms with Gasteiger partial charge < -0.3 is 10.6 Å². The number of rotatable bonds is 6. The van der Waals surface area contributed by atoms with Crippen molar-refractivity contribution in [2.45, 2.75) is 13.0 Å². The van der Waals surface area contributed by atoms with Crippen molar-refractivity contribution in [2.75, 3.05) is 59.9 Å². The summed E-state index contributed by atoms with van der Waals surface area (Å²) >= 11 is 0. The Bertz CT molecular complexity index is 433. The quantitative estimate of drug-likeness (QED) is 0.794. The molecule has 120 valence electrons. The lowest BCUT2D eigenvalue weighted by Crippen LogP contribution is -2.50. The zero-order valence-corrected chi connectivity index (χ0v) is 13.9. The van der Waals surface area contributed by atoms with E-state index in [1.165, 1.54) is 11.3 Å². The highest BCUT2D eigenvalue weighted by molar-refractivity contribution is 5.21. The number of likely N-dealkylation sites (N-methyl/N-ethyl adjacent to an activating group) is 1. The van der Waals surface area contributed by atoms with Gasteiger partial charge in [0.1, 0.15) is 0 Å². The fourth-order valence-corrected chi connectivity index (χ4v) is 2.96. The summed E-state index contributed by atoms with van der Waals surface area (Å²) in [5, 5.41) is 4.36. The molecule has 1 saturated heterocycles. The van der Waals surface area contributed by atoms with Gasteiger partial charge in [-0.2, -0.15) is 5.10 Å². The molecule has 6 heteroatoms. The minimum atomic E-state index is 0.301. The molecule has 2 rings (SSSR count). The number of aromatic nitrogens is 2. The third-order valence-corrected chi connectivity index (χ3v) is 4.57. The lowest BCUT2D eigenvalue weighted by atomic mass is 10.1. The maximum atomic E-state index is 6.05. The topological polar surface area (TPSA) is 53.6 Å². The van der Waals surface area contributed by atoms with Crippen LogP contribution in [-0.2, 0) is 7.05 Å². The molecule has 2 N–H and O–H groups in total. The Balaban J connectivity index is 1.92. The molecule has 1 aromatic rings. The number of hydrogen-bond acceptors (Lipinski definition) is 5. The van der Waals surface area contributed by atoms with Crippen LogP contribution >= 0.6 is 0 Å². The van der Waals surface area contributed by atoms with Crippen molar-refractivity contribution in [2.24, 2.45) is 12.8 Å². The van der Waals surface area contributed by atoms with Crippen molar-refractivity contribution in [1.82, 2.24) is 24.5 Å². The summed E-state index contributed by atoms with van der Waals surface area (Å²) in [5.74, 6) is 0. The summed E-state index contributed by atoms with van der Waals surface area (Å²) in [7, 11) is 6.25. The van der Waals surface area contributed by atoms with Gasteiger partial charge in [0.05, 0.1) is 12.2 Å². The van der Waals surface area contributed by atoms with Gasteiger partial charge in [-0.3, -0.25) is 14.5 Å². The Morgan fingerprint density at radius 3 is 2.43 bits per heavy atom. The van der Waals surface area contributed by atoms with Crippen molar-refractivity contribution < 1.29 is 0 Å². The van der Waals surface area contributed by atoms with Crippen molar-refractivity contribution >= 4 is 0 Å². The first kappa shape index (κ1) is 16.4. The highest BCUT2D eigenvalue weighted by atomic mass is 15.3. The molecule has 6 nitrogen and oxygen atoms in total. The van der Waals surface area contributed by atoms with Crippen molar-refractivity contribution in [3.63, 3.8) is 0 Å². The average Bonchev–Trinajstić information content (AvgIpc) is 2.80. The van der Waals surface area contributed by atoms with E-state index >= 15 is 0 Å². The van der Waals surface area contributed by atoms with E-state index in [-0.39, 0.29) is 0 Å². The Hall–Kier alpha value is -0.950.